The van der Waals surface area contributed by atoms with Crippen molar-refractivity contribution in [3.63, 3.8) is 0 Å². The lowest BCUT2D eigenvalue weighted by atomic mass is 10.0. The van der Waals surface area contributed by atoms with Crippen LogP contribution in [0.3, 0.4) is 0 Å². The number of hydrogen-bond donors (Lipinski definition) is 2. The number of nitrogens with zero attached hydrogens (tertiary/aromatic N) is 1. The summed E-state index contributed by atoms with van der Waals surface area (Å²) in [6.45, 7) is 1.51. The average Bonchev–Trinajstić information content (AvgIpc) is 3.66. The largest absolute Gasteiger partial charge is 0.489 e. The van der Waals surface area contributed by atoms with Crippen molar-refractivity contribution in [3.8, 4) is 28.8 Å². The van der Waals surface area contributed by atoms with Crippen molar-refractivity contribution < 1.29 is 24.0 Å². The Balaban J connectivity index is 1.38. The number of carboxylic acids is 1. The third-order valence-corrected chi connectivity index (χ3v) is 7.07. The van der Waals surface area contributed by atoms with Gasteiger partial charge in [0.05, 0.1) is 26.2 Å². The lowest BCUT2D eigenvalue weighted by Crippen LogP contribution is -2.07. The molecule has 5 rings (SSSR count). The Labute approximate surface area is 245 Å². The molecule has 2 N–H and O–H groups in total. The van der Waals surface area contributed by atoms with Crippen molar-refractivity contribution in [1.82, 2.24) is 5.16 Å². The van der Waals surface area contributed by atoms with Crippen LogP contribution in [0.15, 0.2) is 59.1 Å². The molecule has 0 aliphatic heterocycles. The third kappa shape index (κ3) is 6.26. The summed E-state index contributed by atoms with van der Waals surface area (Å²) in [6.07, 6.45) is 2.03. The van der Waals surface area contributed by atoms with Crippen molar-refractivity contribution >= 4 is 52.4 Å². The van der Waals surface area contributed by atoms with Gasteiger partial charge in [-0.25, -0.2) is 4.79 Å². The van der Waals surface area contributed by atoms with Crippen LogP contribution in [0.5, 0.6) is 5.75 Å². The summed E-state index contributed by atoms with van der Waals surface area (Å²) in [7, 11) is 0. The number of hydrogen-bond acceptors (Lipinski definition) is 5. The van der Waals surface area contributed by atoms with E-state index in [4.69, 9.17) is 44.1 Å². The molecule has 1 aromatic heterocycles. The molecule has 10 heteroatoms. The molecule has 202 valence electrons. The van der Waals surface area contributed by atoms with Gasteiger partial charge in [0.2, 0.25) is 5.91 Å². The molecule has 1 fully saturated rings. The van der Waals surface area contributed by atoms with Crippen molar-refractivity contribution in [2.24, 2.45) is 0 Å². The first-order valence-electron chi connectivity index (χ1n) is 12.2. The molecule has 0 saturated heterocycles. The van der Waals surface area contributed by atoms with Crippen LogP contribution in [0.4, 0.5) is 5.69 Å². The summed E-state index contributed by atoms with van der Waals surface area (Å²) in [4.78, 5) is 22.9. The topological polar surface area (TPSA) is 102 Å². The minimum absolute atomic E-state index is 0.00199. The van der Waals surface area contributed by atoms with Crippen LogP contribution in [-0.4, -0.2) is 22.1 Å². The van der Waals surface area contributed by atoms with Gasteiger partial charge >= 0.3 is 5.97 Å². The van der Waals surface area contributed by atoms with Crippen molar-refractivity contribution in [3.05, 3.63) is 97.7 Å². The highest BCUT2D eigenvalue weighted by Crippen LogP contribution is 2.46. The monoisotopic (exact) mass is 594 g/mol. The fraction of sp³-hybridized carbons (Fsp3) is 0.167. The van der Waals surface area contributed by atoms with E-state index in [9.17, 15) is 14.7 Å². The first kappa shape index (κ1) is 27.6. The van der Waals surface area contributed by atoms with Gasteiger partial charge in [0, 0.05) is 41.3 Å². The number of carboxylic acid groups (broad SMARTS) is 1. The second-order valence-corrected chi connectivity index (χ2v) is 10.4. The maximum Gasteiger partial charge on any atom is 0.335 e. The molecule has 0 bridgehead atoms. The van der Waals surface area contributed by atoms with E-state index in [0.717, 1.165) is 24.2 Å². The number of aromatic nitrogens is 1. The maximum absolute atomic E-state index is 11.5. The zero-order chi connectivity index (χ0) is 28.4. The number of halogens is 3. The summed E-state index contributed by atoms with van der Waals surface area (Å²) in [6, 6.07) is 14.7. The Morgan fingerprint density at radius 2 is 1.80 bits per heavy atom. The van der Waals surface area contributed by atoms with E-state index in [0.29, 0.717) is 48.9 Å². The minimum Gasteiger partial charge on any atom is -0.489 e. The highest BCUT2D eigenvalue weighted by molar-refractivity contribution is 6.39. The summed E-state index contributed by atoms with van der Waals surface area (Å²) in [5.41, 5.74) is 3.19. The van der Waals surface area contributed by atoms with Crippen molar-refractivity contribution in [2.75, 3.05) is 5.32 Å². The van der Waals surface area contributed by atoms with E-state index in [2.05, 4.69) is 22.3 Å². The number of rotatable bonds is 7. The lowest BCUT2D eigenvalue weighted by molar-refractivity contribution is -0.114. The molecule has 7 nitrogen and oxygen atoms in total. The van der Waals surface area contributed by atoms with Crippen LogP contribution in [0, 0.1) is 11.8 Å². The van der Waals surface area contributed by atoms with Gasteiger partial charge in [-0.3, -0.25) is 4.79 Å². The van der Waals surface area contributed by atoms with Crippen LogP contribution >= 0.6 is 34.8 Å². The van der Waals surface area contributed by atoms with E-state index in [1.807, 2.05) is 0 Å². The highest BCUT2D eigenvalue weighted by atomic mass is 35.5. The van der Waals surface area contributed by atoms with E-state index < -0.39 is 5.97 Å². The number of aromatic carboxylic acids is 1. The Morgan fingerprint density at radius 1 is 1.05 bits per heavy atom. The molecule has 1 amide bonds. The normalized spacial score (nSPS) is 12.4. The van der Waals surface area contributed by atoms with E-state index in [-0.39, 0.29) is 24.0 Å². The molecule has 1 heterocycles. The molecule has 1 aliphatic rings. The number of ether oxygens (including phenoxy) is 1. The number of nitrogens with one attached hydrogen (secondary N) is 1. The molecular formula is C30H21Cl3N2O5. The van der Waals surface area contributed by atoms with Crippen LogP contribution in [0.25, 0.3) is 11.3 Å². The molecule has 1 aliphatic carbocycles. The average molecular weight is 596 g/mol. The van der Waals surface area contributed by atoms with Gasteiger partial charge in [-0.1, -0.05) is 57.9 Å². The molecule has 4 aromatic rings. The fourth-order valence-electron chi connectivity index (χ4n) is 4.13. The van der Waals surface area contributed by atoms with Crippen molar-refractivity contribution in [2.45, 2.75) is 32.3 Å². The zero-order valence-electron chi connectivity index (χ0n) is 21.1. The van der Waals surface area contributed by atoms with Crippen LogP contribution in [0.2, 0.25) is 15.1 Å². The SMILES string of the molecule is CC(=O)Nc1cc(C#Cc2ccc(OCc3c(-c4c(Cl)cccc4Cl)noc3C3CC3)cc2Cl)cc(C(=O)O)c1. The summed E-state index contributed by atoms with van der Waals surface area (Å²) < 4.78 is 11.8. The number of anilines is 1. The third-order valence-electron chi connectivity index (χ3n) is 6.13. The zero-order valence-corrected chi connectivity index (χ0v) is 23.3. The molecule has 1 saturated carbocycles. The predicted octanol–water partition coefficient (Wildman–Crippen LogP) is 7.81. The first-order chi connectivity index (χ1) is 19.2. The van der Waals surface area contributed by atoms with Gasteiger partial charge in [0.15, 0.2) is 0 Å². The number of carbonyl (C=O) groups excluding carboxylic acids is 1. The highest BCUT2D eigenvalue weighted by Gasteiger charge is 2.33. The maximum atomic E-state index is 11.5. The fourth-order valence-corrected chi connectivity index (χ4v) is 4.92. The second kappa shape index (κ2) is 11.6. The predicted molar refractivity (Wildman–Crippen MR) is 153 cm³/mol. The smallest absolute Gasteiger partial charge is 0.335 e. The van der Waals surface area contributed by atoms with Crippen LogP contribution < -0.4 is 10.1 Å². The summed E-state index contributed by atoms with van der Waals surface area (Å²) >= 11 is 19.4. The lowest BCUT2D eigenvalue weighted by Gasteiger charge is -2.10. The molecular weight excluding hydrogens is 575 g/mol. The molecule has 0 unspecified atom stereocenters. The summed E-state index contributed by atoms with van der Waals surface area (Å²) in [5.74, 6) is 5.97. The molecule has 0 radical (unpaired) electrons. The minimum atomic E-state index is -1.13. The van der Waals surface area contributed by atoms with Gasteiger partial charge in [-0.2, -0.15) is 0 Å². The number of benzene rings is 3. The van der Waals surface area contributed by atoms with E-state index in [1.165, 1.54) is 19.1 Å². The number of carbonyl (C=O) groups is 2. The standard InChI is InChI=1S/C30H21Cl3N2O5/c1-16(36)34-21-12-17(11-20(13-21)30(37)38)5-6-18-9-10-22(14-26(18)33)39-15-23-28(35-40-29(23)19-7-8-19)27-24(31)3-2-4-25(27)32/h2-4,9-14,19H,7-8,15H2,1H3,(H,34,36)(H,37,38). The quantitative estimate of drug-likeness (QED) is 0.211. The number of amides is 1. The molecule has 0 spiro atoms. The van der Waals surface area contributed by atoms with Crippen LogP contribution in [0.1, 0.15) is 58.5 Å². The van der Waals surface area contributed by atoms with Gasteiger partial charge < -0.3 is 19.7 Å². The Morgan fingerprint density at radius 3 is 2.45 bits per heavy atom. The molecule has 40 heavy (non-hydrogen) atoms. The molecule has 0 atom stereocenters. The Bertz CT molecular complexity index is 1680. The van der Waals surface area contributed by atoms with Crippen molar-refractivity contribution in [1.29, 1.82) is 0 Å². The van der Waals surface area contributed by atoms with Gasteiger partial charge in [-0.15, -0.1) is 0 Å². The van der Waals surface area contributed by atoms with Gasteiger partial charge in [0.25, 0.3) is 0 Å². The second-order valence-electron chi connectivity index (χ2n) is 9.21. The molecule has 3 aromatic carbocycles. The van der Waals surface area contributed by atoms with E-state index in [1.54, 1.807) is 42.5 Å². The Hall–Kier alpha value is -3.96. The van der Waals surface area contributed by atoms with Gasteiger partial charge in [-0.05, 0) is 55.3 Å². The van der Waals surface area contributed by atoms with Gasteiger partial charge in [0.1, 0.15) is 23.8 Å². The summed E-state index contributed by atoms with van der Waals surface area (Å²) in [5, 5.41) is 17.5. The van der Waals surface area contributed by atoms with Crippen LogP contribution in [-0.2, 0) is 11.4 Å². The van der Waals surface area contributed by atoms with E-state index >= 15 is 0 Å². The first-order valence-corrected chi connectivity index (χ1v) is 13.4. The Kier molecular flexibility index (Phi) is 8.04.